The number of halogens is 1. The van der Waals surface area contributed by atoms with E-state index in [2.05, 4.69) is 26.6 Å². The maximum Gasteiger partial charge on any atom is 0.243 e. The van der Waals surface area contributed by atoms with Crippen molar-refractivity contribution < 1.29 is 14.4 Å². The Hall–Kier alpha value is -2.32. The summed E-state index contributed by atoms with van der Waals surface area (Å²) in [6, 6.07) is 13.2. The van der Waals surface area contributed by atoms with E-state index in [1.54, 1.807) is 22.7 Å². The van der Waals surface area contributed by atoms with Crippen molar-refractivity contribution >= 4 is 56.8 Å². The van der Waals surface area contributed by atoms with Crippen molar-refractivity contribution in [1.82, 2.24) is 5.32 Å². The van der Waals surface area contributed by atoms with Gasteiger partial charge < -0.3 is 15.5 Å². The van der Waals surface area contributed by atoms with Crippen LogP contribution in [0.4, 0.5) is 11.4 Å². The van der Waals surface area contributed by atoms with E-state index in [9.17, 15) is 14.4 Å². The van der Waals surface area contributed by atoms with Crippen LogP contribution >= 0.6 is 27.7 Å². The second-order valence-corrected chi connectivity index (χ2v) is 8.62. The fourth-order valence-electron chi connectivity index (χ4n) is 3.17. The van der Waals surface area contributed by atoms with Gasteiger partial charge in [0.1, 0.15) is 0 Å². The standard InChI is InChI=1S/C21H22BrN3O3S/c1-13-9-15(22)3-8-18(13)24-19(26)11-23-21(28)14-10-20(27)25(12-14)16-4-6-17(29-2)7-5-16/h3-9,14H,10-12H2,1-2H3,(H,23,28)(H,24,26). The zero-order chi connectivity index (χ0) is 21.0. The largest absolute Gasteiger partial charge is 0.347 e. The number of thioether (sulfide) groups is 1. The highest BCUT2D eigenvalue weighted by atomic mass is 79.9. The Bertz CT molecular complexity index is 933. The lowest BCUT2D eigenvalue weighted by Crippen LogP contribution is -2.38. The second-order valence-electron chi connectivity index (χ2n) is 6.83. The number of carbonyl (C=O) groups excluding carboxylic acids is 3. The molecule has 0 bridgehead atoms. The van der Waals surface area contributed by atoms with Gasteiger partial charge in [0, 0.05) is 33.7 Å². The Morgan fingerprint density at radius 1 is 1.21 bits per heavy atom. The van der Waals surface area contributed by atoms with Crippen LogP contribution in [0.25, 0.3) is 0 Å². The molecule has 1 heterocycles. The summed E-state index contributed by atoms with van der Waals surface area (Å²) >= 11 is 5.01. The minimum absolute atomic E-state index is 0.0861. The van der Waals surface area contributed by atoms with Crippen LogP contribution < -0.4 is 15.5 Å². The lowest BCUT2D eigenvalue weighted by Gasteiger charge is -2.17. The van der Waals surface area contributed by atoms with Crippen molar-refractivity contribution in [2.75, 3.05) is 29.6 Å². The van der Waals surface area contributed by atoms with Crippen LogP contribution in [0.5, 0.6) is 0 Å². The van der Waals surface area contributed by atoms with E-state index in [4.69, 9.17) is 0 Å². The van der Waals surface area contributed by atoms with E-state index in [0.717, 1.165) is 20.6 Å². The summed E-state index contributed by atoms with van der Waals surface area (Å²) in [5.74, 6) is -1.15. The quantitative estimate of drug-likeness (QED) is 0.625. The summed E-state index contributed by atoms with van der Waals surface area (Å²) in [6.45, 7) is 2.07. The molecule has 0 spiro atoms. The van der Waals surface area contributed by atoms with Crippen LogP contribution in [0.1, 0.15) is 12.0 Å². The predicted molar refractivity (Wildman–Crippen MR) is 119 cm³/mol. The fraction of sp³-hybridized carbons (Fsp3) is 0.286. The SMILES string of the molecule is CSc1ccc(N2CC(C(=O)NCC(=O)Nc3ccc(Br)cc3C)CC2=O)cc1. The average molecular weight is 476 g/mol. The highest BCUT2D eigenvalue weighted by molar-refractivity contribution is 9.10. The Labute approximate surface area is 182 Å². The van der Waals surface area contributed by atoms with Crippen LogP contribution in [0, 0.1) is 12.8 Å². The molecular weight excluding hydrogens is 454 g/mol. The van der Waals surface area contributed by atoms with Crippen LogP contribution in [0.3, 0.4) is 0 Å². The van der Waals surface area contributed by atoms with Gasteiger partial charge in [-0.15, -0.1) is 11.8 Å². The highest BCUT2D eigenvalue weighted by Crippen LogP contribution is 2.27. The lowest BCUT2D eigenvalue weighted by molar-refractivity contribution is -0.127. The van der Waals surface area contributed by atoms with Crippen LogP contribution in [-0.4, -0.2) is 37.1 Å². The molecule has 6 nitrogen and oxygen atoms in total. The second kappa shape index (κ2) is 9.45. The molecule has 0 saturated carbocycles. The Morgan fingerprint density at radius 3 is 2.59 bits per heavy atom. The number of aryl methyl sites for hydroxylation is 1. The summed E-state index contributed by atoms with van der Waals surface area (Å²) in [7, 11) is 0. The summed E-state index contributed by atoms with van der Waals surface area (Å²) in [5, 5.41) is 5.43. The normalized spacial score (nSPS) is 16.0. The molecule has 1 unspecified atom stereocenters. The molecule has 8 heteroatoms. The number of carbonyl (C=O) groups is 3. The lowest BCUT2D eigenvalue weighted by atomic mass is 10.1. The minimum atomic E-state index is -0.468. The molecule has 3 amide bonds. The summed E-state index contributed by atoms with van der Waals surface area (Å²) < 4.78 is 0.930. The first-order valence-corrected chi connectivity index (χ1v) is 11.2. The van der Waals surface area contributed by atoms with Crippen LogP contribution in [-0.2, 0) is 14.4 Å². The van der Waals surface area contributed by atoms with Crippen molar-refractivity contribution in [2.24, 2.45) is 5.92 Å². The summed E-state index contributed by atoms with van der Waals surface area (Å²) in [4.78, 5) is 39.7. The van der Waals surface area contributed by atoms with Crippen molar-refractivity contribution in [1.29, 1.82) is 0 Å². The molecule has 1 aliphatic heterocycles. The van der Waals surface area contributed by atoms with Gasteiger partial charge in [-0.2, -0.15) is 0 Å². The van der Waals surface area contributed by atoms with E-state index in [1.165, 1.54) is 0 Å². The van der Waals surface area contributed by atoms with E-state index in [-0.39, 0.29) is 30.7 Å². The molecule has 1 aliphatic rings. The molecular formula is C21H22BrN3O3S. The van der Waals surface area contributed by atoms with E-state index in [0.29, 0.717) is 12.2 Å². The first-order valence-electron chi connectivity index (χ1n) is 9.15. The summed E-state index contributed by atoms with van der Waals surface area (Å²) in [5.41, 5.74) is 2.40. The van der Waals surface area contributed by atoms with Gasteiger partial charge in [-0.25, -0.2) is 0 Å². The van der Waals surface area contributed by atoms with Gasteiger partial charge in [0.05, 0.1) is 12.5 Å². The van der Waals surface area contributed by atoms with E-state index < -0.39 is 5.92 Å². The molecule has 1 saturated heterocycles. The van der Waals surface area contributed by atoms with E-state index >= 15 is 0 Å². The zero-order valence-electron chi connectivity index (χ0n) is 16.2. The third-order valence-corrected chi connectivity index (χ3v) is 6.00. The van der Waals surface area contributed by atoms with Crippen LogP contribution in [0.15, 0.2) is 51.8 Å². The monoisotopic (exact) mass is 475 g/mol. The van der Waals surface area contributed by atoms with Crippen molar-refractivity contribution in [3.8, 4) is 0 Å². The van der Waals surface area contributed by atoms with Gasteiger partial charge in [-0.1, -0.05) is 15.9 Å². The topological polar surface area (TPSA) is 78.5 Å². The highest BCUT2D eigenvalue weighted by Gasteiger charge is 2.35. The zero-order valence-corrected chi connectivity index (χ0v) is 18.6. The molecule has 0 radical (unpaired) electrons. The smallest absolute Gasteiger partial charge is 0.243 e. The molecule has 29 heavy (non-hydrogen) atoms. The first kappa shape index (κ1) is 21.4. The van der Waals surface area contributed by atoms with Gasteiger partial charge in [0.2, 0.25) is 17.7 Å². The van der Waals surface area contributed by atoms with Gasteiger partial charge >= 0.3 is 0 Å². The number of benzene rings is 2. The number of hydrogen-bond acceptors (Lipinski definition) is 4. The number of nitrogens with one attached hydrogen (secondary N) is 2. The van der Waals surface area contributed by atoms with Gasteiger partial charge in [0.25, 0.3) is 0 Å². The third-order valence-electron chi connectivity index (χ3n) is 4.77. The molecule has 1 atom stereocenters. The average Bonchev–Trinajstić information content (AvgIpc) is 3.10. The molecule has 2 N–H and O–H groups in total. The van der Waals surface area contributed by atoms with Crippen molar-refractivity contribution in [3.05, 3.63) is 52.5 Å². The fourth-order valence-corrected chi connectivity index (χ4v) is 4.05. The Morgan fingerprint density at radius 2 is 1.93 bits per heavy atom. The molecule has 3 rings (SSSR count). The minimum Gasteiger partial charge on any atom is -0.347 e. The molecule has 152 valence electrons. The Balaban J connectivity index is 1.52. The van der Waals surface area contributed by atoms with Crippen molar-refractivity contribution in [3.63, 3.8) is 0 Å². The van der Waals surface area contributed by atoms with Crippen molar-refractivity contribution in [2.45, 2.75) is 18.2 Å². The van der Waals surface area contributed by atoms with Crippen LogP contribution in [0.2, 0.25) is 0 Å². The summed E-state index contributed by atoms with van der Waals surface area (Å²) in [6.07, 6.45) is 2.13. The molecule has 0 aromatic heterocycles. The molecule has 2 aromatic carbocycles. The van der Waals surface area contributed by atoms with E-state index in [1.807, 2.05) is 49.6 Å². The number of rotatable bonds is 6. The Kier molecular flexibility index (Phi) is 6.97. The number of nitrogens with zero attached hydrogens (tertiary/aromatic N) is 1. The number of anilines is 2. The van der Waals surface area contributed by atoms with Gasteiger partial charge in [-0.05, 0) is 61.2 Å². The number of amides is 3. The third kappa shape index (κ3) is 5.39. The van der Waals surface area contributed by atoms with Gasteiger partial charge in [0.15, 0.2) is 0 Å². The maximum atomic E-state index is 12.5. The predicted octanol–water partition coefficient (Wildman–Crippen LogP) is 3.59. The molecule has 1 fully saturated rings. The molecule has 0 aliphatic carbocycles. The first-order chi connectivity index (χ1) is 13.9. The molecule has 2 aromatic rings. The van der Waals surface area contributed by atoms with Gasteiger partial charge in [-0.3, -0.25) is 14.4 Å². The maximum absolute atomic E-state index is 12.5. The number of hydrogen-bond donors (Lipinski definition) is 2.